The van der Waals surface area contributed by atoms with Crippen LogP contribution in [0.15, 0.2) is 24.3 Å². The van der Waals surface area contributed by atoms with Crippen LogP contribution >= 0.6 is 23.1 Å². The van der Waals surface area contributed by atoms with E-state index in [4.69, 9.17) is 0 Å². The maximum absolute atomic E-state index is 12.0. The van der Waals surface area contributed by atoms with E-state index in [-0.39, 0.29) is 23.6 Å². The summed E-state index contributed by atoms with van der Waals surface area (Å²) in [7, 11) is 0. The molecule has 0 saturated carbocycles. The minimum atomic E-state index is -4.14. The standard InChI is InChI=1S/C14H16F3NS2/c1-9-11-5-3-4-6-12(11)20-13(9)10(2)18-7-8-19-14(15,16)17/h3-6,10,18H,7-8H2,1-2H3. The van der Waals surface area contributed by atoms with Crippen LogP contribution in [0.5, 0.6) is 0 Å². The number of hydrogen-bond donors (Lipinski definition) is 1. The van der Waals surface area contributed by atoms with Gasteiger partial charge in [0.25, 0.3) is 0 Å². The number of nitrogens with one attached hydrogen (secondary N) is 1. The molecule has 0 fully saturated rings. The van der Waals surface area contributed by atoms with Crippen LogP contribution in [0.4, 0.5) is 13.2 Å². The summed E-state index contributed by atoms with van der Waals surface area (Å²) in [4.78, 5) is 1.20. The molecule has 0 aliphatic carbocycles. The first kappa shape index (κ1) is 15.7. The minimum absolute atomic E-state index is 0.0209. The zero-order valence-corrected chi connectivity index (χ0v) is 12.9. The summed E-state index contributed by atoms with van der Waals surface area (Å²) < 4.78 is 37.4. The highest BCUT2D eigenvalue weighted by Crippen LogP contribution is 2.34. The number of benzene rings is 1. The monoisotopic (exact) mass is 319 g/mol. The number of thioether (sulfide) groups is 1. The van der Waals surface area contributed by atoms with Gasteiger partial charge in [-0.1, -0.05) is 18.2 Å². The molecule has 0 bridgehead atoms. The van der Waals surface area contributed by atoms with Gasteiger partial charge in [-0.25, -0.2) is 0 Å². The number of hydrogen-bond acceptors (Lipinski definition) is 3. The second-order valence-corrected chi connectivity index (χ2v) is 6.80. The molecule has 2 rings (SSSR count). The van der Waals surface area contributed by atoms with Crippen molar-refractivity contribution in [2.75, 3.05) is 12.3 Å². The van der Waals surface area contributed by atoms with Crippen molar-refractivity contribution < 1.29 is 13.2 Å². The highest BCUT2D eigenvalue weighted by Gasteiger charge is 2.27. The topological polar surface area (TPSA) is 12.0 Å². The zero-order valence-electron chi connectivity index (χ0n) is 11.3. The quantitative estimate of drug-likeness (QED) is 0.768. The Morgan fingerprint density at radius 1 is 1.30 bits per heavy atom. The molecule has 0 amide bonds. The predicted octanol–water partition coefficient (Wildman–Crippen LogP) is 5.11. The van der Waals surface area contributed by atoms with Gasteiger partial charge in [-0.15, -0.1) is 11.3 Å². The molecule has 1 aromatic heterocycles. The van der Waals surface area contributed by atoms with Crippen molar-refractivity contribution in [3.63, 3.8) is 0 Å². The third-order valence-electron chi connectivity index (χ3n) is 3.09. The molecule has 1 heterocycles. The minimum Gasteiger partial charge on any atom is -0.309 e. The number of alkyl halides is 3. The molecule has 0 spiro atoms. The fraction of sp³-hybridized carbons (Fsp3) is 0.429. The molecule has 1 nitrogen and oxygen atoms in total. The third kappa shape index (κ3) is 3.90. The van der Waals surface area contributed by atoms with E-state index in [2.05, 4.69) is 24.4 Å². The van der Waals surface area contributed by atoms with Crippen LogP contribution in [0.3, 0.4) is 0 Å². The van der Waals surface area contributed by atoms with E-state index in [0.29, 0.717) is 6.54 Å². The number of thiophene rings is 1. The lowest BCUT2D eigenvalue weighted by Crippen LogP contribution is -2.22. The van der Waals surface area contributed by atoms with E-state index >= 15 is 0 Å². The Morgan fingerprint density at radius 3 is 2.65 bits per heavy atom. The molecule has 0 aliphatic heterocycles. The van der Waals surface area contributed by atoms with E-state index in [1.807, 2.05) is 19.1 Å². The first-order valence-electron chi connectivity index (χ1n) is 6.30. The predicted molar refractivity (Wildman–Crippen MR) is 81.5 cm³/mol. The molecular weight excluding hydrogens is 303 g/mol. The average Bonchev–Trinajstić information content (AvgIpc) is 2.72. The Labute approximate surface area is 124 Å². The van der Waals surface area contributed by atoms with E-state index in [9.17, 15) is 13.2 Å². The maximum atomic E-state index is 12.0. The number of halogens is 3. The molecule has 20 heavy (non-hydrogen) atoms. The van der Waals surface area contributed by atoms with E-state index in [1.165, 1.54) is 20.5 Å². The lowest BCUT2D eigenvalue weighted by atomic mass is 10.1. The lowest BCUT2D eigenvalue weighted by Gasteiger charge is -2.13. The Morgan fingerprint density at radius 2 is 2.00 bits per heavy atom. The van der Waals surface area contributed by atoms with E-state index < -0.39 is 5.51 Å². The van der Waals surface area contributed by atoms with Gasteiger partial charge in [0.2, 0.25) is 0 Å². The van der Waals surface area contributed by atoms with Gasteiger partial charge >= 0.3 is 5.51 Å². The summed E-state index contributed by atoms with van der Waals surface area (Å²) in [5, 5.41) is 4.39. The van der Waals surface area contributed by atoms with Crippen LogP contribution in [0.25, 0.3) is 10.1 Å². The van der Waals surface area contributed by atoms with Gasteiger partial charge in [0, 0.05) is 27.9 Å². The summed E-state index contributed by atoms with van der Waals surface area (Å²) in [6.45, 7) is 4.41. The van der Waals surface area contributed by atoms with Crippen molar-refractivity contribution in [1.29, 1.82) is 0 Å². The summed E-state index contributed by atoms with van der Waals surface area (Å²) in [6.07, 6.45) is 0. The molecule has 110 valence electrons. The molecule has 0 saturated heterocycles. The fourth-order valence-electron chi connectivity index (χ4n) is 2.14. The van der Waals surface area contributed by atoms with Crippen LogP contribution in [0, 0.1) is 6.92 Å². The van der Waals surface area contributed by atoms with Crippen LogP contribution in [0.2, 0.25) is 0 Å². The number of rotatable bonds is 5. The van der Waals surface area contributed by atoms with Crippen LogP contribution in [-0.4, -0.2) is 17.8 Å². The van der Waals surface area contributed by atoms with Gasteiger partial charge in [-0.2, -0.15) is 13.2 Å². The molecule has 1 atom stereocenters. The van der Waals surface area contributed by atoms with Gasteiger partial charge in [-0.3, -0.25) is 0 Å². The summed E-state index contributed by atoms with van der Waals surface area (Å²) >= 11 is 1.72. The Balaban J connectivity index is 1.97. The van der Waals surface area contributed by atoms with Crippen LogP contribution < -0.4 is 5.32 Å². The second kappa shape index (κ2) is 6.37. The van der Waals surface area contributed by atoms with Crippen LogP contribution in [-0.2, 0) is 0 Å². The number of fused-ring (bicyclic) bond motifs is 1. The maximum Gasteiger partial charge on any atom is 0.441 e. The molecule has 1 aromatic carbocycles. The Hall–Kier alpha value is -0.720. The SMILES string of the molecule is Cc1c(C(C)NCCSC(F)(F)F)sc2ccccc12. The summed E-state index contributed by atoms with van der Waals surface area (Å²) in [6, 6.07) is 8.23. The first-order chi connectivity index (χ1) is 9.38. The van der Waals surface area contributed by atoms with E-state index in [1.54, 1.807) is 11.3 Å². The van der Waals surface area contributed by atoms with Crippen molar-refractivity contribution in [1.82, 2.24) is 5.32 Å². The van der Waals surface area contributed by atoms with Crippen molar-refractivity contribution >= 4 is 33.2 Å². The molecule has 0 aliphatic rings. The van der Waals surface area contributed by atoms with Gasteiger partial charge in [0.1, 0.15) is 0 Å². The fourth-order valence-corrected chi connectivity index (χ4v) is 3.83. The Kier molecular flexibility index (Phi) is 4.99. The van der Waals surface area contributed by atoms with Gasteiger partial charge < -0.3 is 5.32 Å². The van der Waals surface area contributed by atoms with Crippen molar-refractivity contribution in [2.45, 2.75) is 25.4 Å². The highest BCUT2D eigenvalue weighted by atomic mass is 32.2. The highest BCUT2D eigenvalue weighted by molar-refractivity contribution is 8.00. The average molecular weight is 319 g/mol. The van der Waals surface area contributed by atoms with Gasteiger partial charge in [0.05, 0.1) is 0 Å². The zero-order chi connectivity index (χ0) is 14.8. The van der Waals surface area contributed by atoms with Gasteiger partial charge in [0.15, 0.2) is 0 Å². The molecule has 1 unspecified atom stereocenters. The summed E-state index contributed by atoms with van der Waals surface area (Å²) in [5.41, 5.74) is -2.92. The van der Waals surface area contributed by atoms with Crippen molar-refractivity contribution in [2.24, 2.45) is 0 Å². The van der Waals surface area contributed by atoms with Crippen LogP contribution in [0.1, 0.15) is 23.4 Å². The lowest BCUT2D eigenvalue weighted by molar-refractivity contribution is -0.0327. The summed E-state index contributed by atoms with van der Waals surface area (Å²) in [5.74, 6) is 0.0395. The van der Waals surface area contributed by atoms with Crippen molar-refractivity contribution in [3.8, 4) is 0 Å². The van der Waals surface area contributed by atoms with Gasteiger partial charge in [-0.05, 0) is 42.6 Å². The normalized spacial score (nSPS) is 13.8. The van der Waals surface area contributed by atoms with Crippen molar-refractivity contribution in [3.05, 3.63) is 34.7 Å². The second-order valence-electron chi connectivity index (χ2n) is 4.56. The molecule has 1 N–H and O–H groups in total. The smallest absolute Gasteiger partial charge is 0.309 e. The molecular formula is C14H16F3NS2. The third-order valence-corrected chi connectivity index (χ3v) is 5.28. The molecule has 6 heteroatoms. The first-order valence-corrected chi connectivity index (χ1v) is 8.11. The van der Waals surface area contributed by atoms with E-state index in [0.717, 1.165) is 0 Å². The molecule has 0 radical (unpaired) electrons. The molecule has 2 aromatic rings. The number of aryl methyl sites for hydroxylation is 1. The largest absolute Gasteiger partial charge is 0.441 e. The Bertz CT molecular complexity index is 577.